The molecule has 1 aliphatic heterocycles. The Kier molecular flexibility index (Phi) is 4.10. The zero-order valence-corrected chi connectivity index (χ0v) is 13.8. The van der Waals surface area contributed by atoms with E-state index in [-0.39, 0.29) is 11.7 Å². The van der Waals surface area contributed by atoms with Gasteiger partial charge < -0.3 is 4.74 Å². The van der Waals surface area contributed by atoms with Gasteiger partial charge in [-0.25, -0.2) is 9.67 Å². The molecule has 0 saturated carbocycles. The third-order valence-electron chi connectivity index (χ3n) is 3.60. The zero-order valence-electron chi connectivity index (χ0n) is 12.2. The maximum atomic E-state index is 12.0. The van der Waals surface area contributed by atoms with Crippen LogP contribution < -0.4 is 5.56 Å². The fraction of sp³-hybridized carbons (Fsp3) is 0.462. The Morgan fingerprint density at radius 3 is 3.30 bits per heavy atom. The van der Waals surface area contributed by atoms with Crippen molar-refractivity contribution in [2.75, 3.05) is 6.61 Å². The molecule has 120 valence electrons. The first-order valence-corrected chi connectivity index (χ1v) is 9.12. The molecule has 4 heterocycles. The summed E-state index contributed by atoms with van der Waals surface area (Å²) in [5.74, 6) is 0.551. The highest BCUT2D eigenvalue weighted by Crippen LogP contribution is 2.21. The molecule has 10 heteroatoms. The highest BCUT2D eigenvalue weighted by Gasteiger charge is 2.19. The fourth-order valence-corrected chi connectivity index (χ4v) is 4.01. The Hall–Kier alpha value is -1.78. The Morgan fingerprint density at radius 1 is 1.48 bits per heavy atom. The van der Waals surface area contributed by atoms with Gasteiger partial charge >= 0.3 is 0 Å². The van der Waals surface area contributed by atoms with E-state index in [4.69, 9.17) is 4.74 Å². The first-order valence-electron chi connectivity index (χ1n) is 7.26. The zero-order chi connectivity index (χ0) is 15.6. The Balaban J connectivity index is 1.47. The third kappa shape index (κ3) is 3.14. The van der Waals surface area contributed by atoms with Gasteiger partial charge in [0.05, 0.1) is 18.3 Å². The number of rotatable bonds is 5. The molecule has 0 aromatic carbocycles. The van der Waals surface area contributed by atoms with Crippen LogP contribution in [0.1, 0.15) is 18.5 Å². The second-order valence-electron chi connectivity index (χ2n) is 5.21. The lowest BCUT2D eigenvalue weighted by atomic mass is 10.2. The first kappa shape index (κ1) is 14.8. The number of nitrogens with zero attached hydrogens (tertiary/aromatic N) is 6. The van der Waals surface area contributed by atoms with Crippen LogP contribution in [0.5, 0.6) is 0 Å². The maximum Gasteiger partial charge on any atom is 0.258 e. The summed E-state index contributed by atoms with van der Waals surface area (Å²) in [4.78, 5) is 17.2. The van der Waals surface area contributed by atoms with Gasteiger partial charge in [0.1, 0.15) is 0 Å². The monoisotopic (exact) mass is 350 g/mol. The molecule has 1 aliphatic rings. The highest BCUT2D eigenvalue weighted by atomic mass is 32.2. The number of fused-ring (bicyclic) bond motifs is 1. The van der Waals surface area contributed by atoms with E-state index < -0.39 is 0 Å². The van der Waals surface area contributed by atoms with Crippen molar-refractivity contribution in [1.82, 2.24) is 29.6 Å². The topological polar surface area (TPSA) is 87.2 Å². The first-order chi connectivity index (χ1) is 11.3. The minimum atomic E-state index is -0.0641. The van der Waals surface area contributed by atoms with Crippen LogP contribution in [0.25, 0.3) is 4.96 Å². The molecule has 0 aliphatic carbocycles. The van der Waals surface area contributed by atoms with Crippen LogP contribution in [0.2, 0.25) is 0 Å². The predicted octanol–water partition coefficient (Wildman–Crippen LogP) is 1.21. The van der Waals surface area contributed by atoms with E-state index in [0.29, 0.717) is 22.4 Å². The van der Waals surface area contributed by atoms with E-state index in [1.54, 1.807) is 21.3 Å². The number of tetrazole rings is 1. The molecule has 4 rings (SSSR count). The van der Waals surface area contributed by atoms with Gasteiger partial charge in [-0.3, -0.25) is 9.20 Å². The number of thiazole rings is 1. The summed E-state index contributed by atoms with van der Waals surface area (Å²) >= 11 is 2.92. The molecule has 3 aromatic rings. The molecule has 8 nitrogen and oxygen atoms in total. The molecule has 0 bridgehead atoms. The van der Waals surface area contributed by atoms with Gasteiger partial charge in [0.2, 0.25) is 5.16 Å². The Bertz CT molecular complexity index is 867. The van der Waals surface area contributed by atoms with E-state index in [1.807, 2.05) is 5.38 Å². The van der Waals surface area contributed by atoms with Crippen LogP contribution in [0.15, 0.2) is 27.6 Å². The molecule has 1 saturated heterocycles. The van der Waals surface area contributed by atoms with Gasteiger partial charge in [-0.05, 0) is 23.3 Å². The van der Waals surface area contributed by atoms with E-state index in [1.165, 1.54) is 23.1 Å². The average molecular weight is 350 g/mol. The molecule has 3 aromatic heterocycles. The quantitative estimate of drug-likeness (QED) is 0.639. The van der Waals surface area contributed by atoms with Crippen molar-refractivity contribution in [3.63, 3.8) is 0 Å². The Morgan fingerprint density at radius 2 is 2.43 bits per heavy atom. The number of ether oxygens (including phenoxy) is 1. The van der Waals surface area contributed by atoms with Crippen LogP contribution >= 0.6 is 23.1 Å². The summed E-state index contributed by atoms with van der Waals surface area (Å²) in [7, 11) is 0. The average Bonchev–Trinajstić information content (AvgIpc) is 3.27. The highest BCUT2D eigenvalue weighted by molar-refractivity contribution is 7.98. The van der Waals surface area contributed by atoms with Crippen LogP contribution in [0.4, 0.5) is 0 Å². The normalized spacial score (nSPS) is 18.0. The molecular formula is C13H14N6O2S2. The number of thioether (sulfide) groups is 1. The minimum absolute atomic E-state index is 0.0641. The lowest BCUT2D eigenvalue weighted by Crippen LogP contribution is -2.17. The predicted molar refractivity (Wildman–Crippen MR) is 85.7 cm³/mol. The molecule has 0 spiro atoms. The summed E-state index contributed by atoms with van der Waals surface area (Å²) in [6, 6.07) is 1.56. The molecule has 0 amide bonds. The van der Waals surface area contributed by atoms with Gasteiger partial charge in [0.15, 0.2) is 4.96 Å². The van der Waals surface area contributed by atoms with E-state index >= 15 is 0 Å². The van der Waals surface area contributed by atoms with E-state index in [9.17, 15) is 4.79 Å². The molecule has 1 fully saturated rings. The third-order valence-corrected chi connectivity index (χ3v) is 5.35. The van der Waals surface area contributed by atoms with E-state index in [2.05, 4.69) is 20.5 Å². The van der Waals surface area contributed by atoms with Gasteiger partial charge in [0.25, 0.3) is 5.56 Å². The van der Waals surface area contributed by atoms with Crippen molar-refractivity contribution in [3.8, 4) is 0 Å². The summed E-state index contributed by atoms with van der Waals surface area (Å²) in [5.41, 5.74) is 0.667. The number of hydrogen-bond donors (Lipinski definition) is 0. The molecule has 0 N–H and O–H groups in total. The summed E-state index contributed by atoms with van der Waals surface area (Å²) in [6.45, 7) is 1.47. The maximum absolute atomic E-state index is 12.0. The molecule has 0 radical (unpaired) electrons. The smallest absolute Gasteiger partial charge is 0.258 e. The summed E-state index contributed by atoms with van der Waals surface area (Å²) in [5, 5.41) is 14.4. The van der Waals surface area contributed by atoms with Gasteiger partial charge in [-0.1, -0.05) is 11.8 Å². The number of hydrogen-bond acceptors (Lipinski definition) is 8. The molecule has 1 atom stereocenters. The van der Waals surface area contributed by atoms with Crippen LogP contribution in [-0.2, 0) is 17.0 Å². The largest absolute Gasteiger partial charge is 0.376 e. The molecule has 23 heavy (non-hydrogen) atoms. The van der Waals surface area contributed by atoms with Gasteiger partial charge in [0, 0.05) is 30.0 Å². The van der Waals surface area contributed by atoms with Crippen LogP contribution in [0.3, 0.4) is 0 Å². The van der Waals surface area contributed by atoms with Crippen molar-refractivity contribution in [1.29, 1.82) is 0 Å². The second kappa shape index (κ2) is 6.38. The molecular weight excluding hydrogens is 336 g/mol. The van der Waals surface area contributed by atoms with E-state index in [0.717, 1.165) is 25.1 Å². The van der Waals surface area contributed by atoms with Crippen LogP contribution in [0, 0.1) is 0 Å². The SMILES string of the molecule is O=c1cc(CSc2nnnn2CC2CCCO2)nc2sccn12. The second-order valence-corrected chi connectivity index (χ2v) is 7.02. The minimum Gasteiger partial charge on any atom is -0.376 e. The fourth-order valence-electron chi connectivity index (χ4n) is 2.50. The summed E-state index contributed by atoms with van der Waals surface area (Å²) < 4.78 is 8.92. The lowest BCUT2D eigenvalue weighted by Gasteiger charge is -2.09. The van der Waals surface area contributed by atoms with Gasteiger partial charge in [-0.15, -0.1) is 16.4 Å². The van der Waals surface area contributed by atoms with Crippen molar-refractivity contribution in [2.45, 2.75) is 36.4 Å². The van der Waals surface area contributed by atoms with Crippen molar-refractivity contribution < 1.29 is 4.74 Å². The Labute approximate surface area is 139 Å². The van der Waals surface area contributed by atoms with Crippen molar-refractivity contribution >= 4 is 28.1 Å². The summed E-state index contributed by atoms with van der Waals surface area (Å²) in [6.07, 6.45) is 4.04. The standard InChI is InChI=1S/C13H14N6O2S2/c20-11-6-9(14-12-18(11)3-5-22-12)8-23-13-15-16-17-19(13)7-10-2-1-4-21-10/h3,5-6,10H,1-2,4,7-8H2. The lowest BCUT2D eigenvalue weighted by molar-refractivity contribution is 0.0912. The van der Waals surface area contributed by atoms with Crippen LogP contribution in [-0.4, -0.2) is 42.3 Å². The number of aromatic nitrogens is 6. The van der Waals surface area contributed by atoms with Crippen molar-refractivity contribution in [2.24, 2.45) is 0 Å². The van der Waals surface area contributed by atoms with Crippen molar-refractivity contribution in [3.05, 3.63) is 33.7 Å². The molecule has 1 unspecified atom stereocenters. The van der Waals surface area contributed by atoms with Gasteiger partial charge in [-0.2, -0.15) is 0 Å².